The molecule has 1 aromatic carbocycles. The number of furan rings is 1. The number of benzene rings is 1. The molecule has 1 aromatic heterocycles. The van der Waals surface area contributed by atoms with Crippen LogP contribution in [0.1, 0.15) is 21.9 Å². The highest BCUT2D eigenvalue weighted by atomic mass is 32.2. The number of allylic oxidation sites excluding steroid dienone is 5. The molecular weight excluding hydrogens is 420 g/mol. The lowest BCUT2D eigenvalue weighted by Crippen LogP contribution is -2.20. The molecule has 0 saturated heterocycles. The highest BCUT2D eigenvalue weighted by Crippen LogP contribution is 2.24. The summed E-state index contributed by atoms with van der Waals surface area (Å²) < 4.78 is 32.1. The molecule has 2 rings (SSSR count). The topological polar surface area (TPSA) is 88.4 Å². The van der Waals surface area contributed by atoms with Crippen molar-refractivity contribution in [2.45, 2.75) is 17.6 Å². The SMILES string of the molecule is C=C/C=C\C=C(/C=C)SCc1ccc(C(=O)Nc2ccc(C)c(S(=O)(=O)NC)c2)o1. The molecule has 0 atom stereocenters. The Kier molecular flexibility index (Phi) is 8.46. The van der Waals surface area contributed by atoms with Crippen LogP contribution in [0.4, 0.5) is 5.69 Å². The van der Waals surface area contributed by atoms with E-state index in [0.717, 1.165) is 4.91 Å². The van der Waals surface area contributed by atoms with Crippen molar-refractivity contribution in [3.05, 3.63) is 95.9 Å². The summed E-state index contributed by atoms with van der Waals surface area (Å²) in [7, 11) is -2.29. The summed E-state index contributed by atoms with van der Waals surface area (Å²) in [5.74, 6) is 0.839. The van der Waals surface area contributed by atoms with Gasteiger partial charge in [-0.2, -0.15) is 0 Å². The lowest BCUT2D eigenvalue weighted by molar-refractivity contribution is 0.0995. The van der Waals surface area contributed by atoms with Crippen LogP contribution in [-0.4, -0.2) is 21.4 Å². The summed E-state index contributed by atoms with van der Waals surface area (Å²) in [6.07, 6.45) is 9.01. The molecule has 0 saturated carbocycles. The van der Waals surface area contributed by atoms with E-state index in [1.165, 1.54) is 24.9 Å². The van der Waals surface area contributed by atoms with E-state index in [9.17, 15) is 13.2 Å². The highest BCUT2D eigenvalue weighted by molar-refractivity contribution is 8.02. The number of hydrogen-bond acceptors (Lipinski definition) is 5. The van der Waals surface area contributed by atoms with Crippen LogP contribution in [0.3, 0.4) is 0 Å². The lowest BCUT2D eigenvalue weighted by Gasteiger charge is -2.09. The van der Waals surface area contributed by atoms with Gasteiger partial charge in [0.1, 0.15) is 5.76 Å². The summed E-state index contributed by atoms with van der Waals surface area (Å²) >= 11 is 1.52. The normalized spacial score (nSPS) is 12.1. The zero-order valence-electron chi connectivity index (χ0n) is 16.8. The third-order valence-corrected chi connectivity index (χ3v) is 6.60. The zero-order valence-corrected chi connectivity index (χ0v) is 18.5. The highest BCUT2D eigenvalue weighted by Gasteiger charge is 2.17. The van der Waals surface area contributed by atoms with Crippen LogP contribution in [-0.2, 0) is 15.8 Å². The number of sulfonamides is 1. The second kappa shape index (κ2) is 10.8. The molecule has 30 heavy (non-hydrogen) atoms. The van der Waals surface area contributed by atoms with Crippen molar-refractivity contribution in [1.82, 2.24) is 4.72 Å². The number of thioether (sulfide) groups is 1. The first kappa shape index (κ1) is 23.5. The van der Waals surface area contributed by atoms with Crippen LogP contribution in [0.15, 0.2) is 88.1 Å². The van der Waals surface area contributed by atoms with E-state index in [2.05, 4.69) is 23.2 Å². The van der Waals surface area contributed by atoms with Crippen LogP contribution in [0.5, 0.6) is 0 Å². The Balaban J connectivity index is 2.08. The zero-order chi connectivity index (χ0) is 22.1. The molecule has 158 valence electrons. The minimum Gasteiger partial charge on any atom is -0.455 e. The fourth-order valence-corrected chi connectivity index (χ4v) is 4.16. The Morgan fingerprint density at radius 1 is 1.20 bits per heavy atom. The van der Waals surface area contributed by atoms with Crippen molar-refractivity contribution in [1.29, 1.82) is 0 Å². The van der Waals surface area contributed by atoms with Gasteiger partial charge in [-0.1, -0.05) is 43.5 Å². The van der Waals surface area contributed by atoms with E-state index in [1.54, 1.807) is 43.3 Å². The molecule has 1 amide bonds. The molecule has 2 aromatic rings. The minimum absolute atomic E-state index is 0.105. The van der Waals surface area contributed by atoms with E-state index in [0.29, 0.717) is 22.8 Å². The van der Waals surface area contributed by atoms with E-state index in [1.807, 2.05) is 18.2 Å². The summed E-state index contributed by atoms with van der Waals surface area (Å²) in [6, 6.07) is 8.00. The van der Waals surface area contributed by atoms with E-state index >= 15 is 0 Å². The number of carbonyl (C=O) groups excluding carboxylic acids is 1. The van der Waals surface area contributed by atoms with Crippen LogP contribution >= 0.6 is 11.8 Å². The van der Waals surface area contributed by atoms with Gasteiger partial charge in [0.25, 0.3) is 5.91 Å². The number of anilines is 1. The third-order valence-electron chi connectivity index (χ3n) is 3.98. The van der Waals surface area contributed by atoms with Gasteiger partial charge in [0.05, 0.1) is 10.6 Å². The maximum atomic E-state index is 12.5. The smallest absolute Gasteiger partial charge is 0.291 e. The molecule has 8 heteroatoms. The summed E-state index contributed by atoms with van der Waals surface area (Å²) in [5, 5.41) is 2.67. The molecule has 1 heterocycles. The Bertz CT molecular complexity index is 1100. The molecule has 6 nitrogen and oxygen atoms in total. The number of amides is 1. The molecule has 0 bridgehead atoms. The largest absolute Gasteiger partial charge is 0.455 e. The van der Waals surface area contributed by atoms with Gasteiger partial charge in [-0.3, -0.25) is 4.79 Å². The van der Waals surface area contributed by atoms with Crippen molar-refractivity contribution in [2.75, 3.05) is 12.4 Å². The van der Waals surface area contributed by atoms with Crippen molar-refractivity contribution in [2.24, 2.45) is 0 Å². The Hall–Kier alpha value is -2.81. The third kappa shape index (κ3) is 6.35. The predicted molar refractivity (Wildman–Crippen MR) is 123 cm³/mol. The van der Waals surface area contributed by atoms with Gasteiger partial charge >= 0.3 is 0 Å². The maximum Gasteiger partial charge on any atom is 0.291 e. The molecule has 0 fully saturated rings. The molecule has 0 aliphatic heterocycles. The quantitative estimate of drug-likeness (QED) is 0.514. The maximum absolute atomic E-state index is 12.5. The molecule has 0 aliphatic carbocycles. The number of carbonyl (C=O) groups is 1. The average molecular weight is 445 g/mol. The first-order chi connectivity index (χ1) is 14.3. The Morgan fingerprint density at radius 2 is 1.97 bits per heavy atom. The first-order valence-electron chi connectivity index (χ1n) is 8.99. The van der Waals surface area contributed by atoms with Crippen LogP contribution in [0, 0.1) is 6.92 Å². The van der Waals surface area contributed by atoms with E-state index in [-0.39, 0.29) is 10.7 Å². The fraction of sp³-hybridized carbons (Fsp3) is 0.136. The van der Waals surface area contributed by atoms with Gasteiger partial charge < -0.3 is 9.73 Å². The van der Waals surface area contributed by atoms with Gasteiger partial charge in [0.2, 0.25) is 10.0 Å². The van der Waals surface area contributed by atoms with Crippen LogP contribution in [0.2, 0.25) is 0 Å². The monoisotopic (exact) mass is 444 g/mol. The summed E-state index contributed by atoms with van der Waals surface area (Å²) in [6.45, 7) is 9.08. The van der Waals surface area contributed by atoms with Gasteiger partial charge in [-0.15, -0.1) is 11.8 Å². The summed E-state index contributed by atoms with van der Waals surface area (Å²) in [5.41, 5.74) is 0.936. The van der Waals surface area contributed by atoms with Gasteiger partial charge in [0.15, 0.2) is 5.76 Å². The molecule has 0 unspecified atom stereocenters. The molecular formula is C22H24N2O4S2. The molecule has 0 aliphatic rings. The number of aryl methyl sites for hydroxylation is 1. The lowest BCUT2D eigenvalue weighted by atomic mass is 10.2. The average Bonchev–Trinajstić information content (AvgIpc) is 3.21. The second-order valence-electron chi connectivity index (χ2n) is 6.09. The molecule has 0 radical (unpaired) electrons. The number of hydrogen-bond donors (Lipinski definition) is 2. The Morgan fingerprint density at radius 3 is 2.63 bits per heavy atom. The van der Waals surface area contributed by atoms with Gasteiger partial charge in [-0.05, 0) is 49.9 Å². The first-order valence-corrected chi connectivity index (χ1v) is 11.5. The van der Waals surface area contributed by atoms with Crippen molar-refractivity contribution in [3.63, 3.8) is 0 Å². The minimum atomic E-state index is -3.63. The van der Waals surface area contributed by atoms with Crippen molar-refractivity contribution in [3.8, 4) is 0 Å². The predicted octanol–water partition coefficient (Wildman–Crippen LogP) is 4.79. The van der Waals surface area contributed by atoms with Crippen molar-refractivity contribution < 1.29 is 17.6 Å². The number of rotatable bonds is 10. The van der Waals surface area contributed by atoms with E-state index in [4.69, 9.17) is 4.42 Å². The van der Waals surface area contributed by atoms with Crippen LogP contribution in [0.25, 0.3) is 0 Å². The van der Waals surface area contributed by atoms with Crippen LogP contribution < -0.4 is 10.0 Å². The number of nitrogens with one attached hydrogen (secondary N) is 2. The molecule has 2 N–H and O–H groups in total. The second-order valence-corrected chi connectivity index (χ2v) is 8.99. The standard InChI is InChI=1S/C22H24N2O4S2/c1-5-7-8-9-19(6-2)29-15-18-12-13-20(28-18)22(25)24-17-11-10-16(3)21(14-17)30(26,27)23-4/h5-14,23H,1-2,15H2,3-4H3,(H,24,25)/b8-7-,19-9+. The Labute approximate surface area is 181 Å². The van der Waals surface area contributed by atoms with E-state index < -0.39 is 15.9 Å². The van der Waals surface area contributed by atoms with Crippen molar-refractivity contribution >= 4 is 33.4 Å². The van der Waals surface area contributed by atoms with Gasteiger partial charge in [0, 0.05) is 10.6 Å². The fourth-order valence-electron chi connectivity index (χ4n) is 2.41. The molecule has 0 spiro atoms. The van der Waals surface area contributed by atoms with Gasteiger partial charge in [-0.25, -0.2) is 13.1 Å². The summed E-state index contributed by atoms with van der Waals surface area (Å²) in [4.78, 5) is 13.5.